The lowest BCUT2D eigenvalue weighted by molar-refractivity contribution is 0.276. The van der Waals surface area contributed by atoms with Gasteiger partial charge in [-0.2, -0.15) is 10.4 Å². The van der Waals surface area contributed by atoms with Gasteiger partial charge in [0.05, 0.1) is 29.0 Å². The van der Waals surface area contributed by atoms with Crippen molar-refractivity contribution in [2.75, 3.05) is 0 Å². The normalized spacial score (nSPS) is 16.6. The van der Waals surface area contributed by atoms with E-state index in [1.807, 2.05) is 39.7 Å². The minimum atomic E-state index is -0.351. The van der Waals surface area contributed by atoms with E-state index in [1.54, 1.807) is 12.5 Å². The van der Waals surface area contributed by atoms with E-state index in [2.05, 4.69) is 52.6 Å². The molecule has 3 heterocycles. The average molecular weight is 417 g/mol. The van der Waals surface area contributed by atoms with Crippen LogP contribution in [-0.2, 0) is 11.0 Å². The van der Waals surface area contributed by atoms with Crippen molar-refractivity contribution in [2.45, 2.75) is 58.4 Å². The molecule has 0 bridgehead atoms. The van der Waals surface area contributed by atoms with Gasteiger partial charge in [0, 0.05) is 23.5 Å². The summed E-state index contributed by atoms with van der Waals surface area (Å²) in [6, 6.07) is 10.4. The molecule has 7 nitrogen and oxygen atoms in total. The first-order chi connectivity index (χ1) is 14.5. The Kier molecular flexibility index (Phi) is 4.69. The minimum Gasteiger partial charge on any atom is -0.422 e. The molecule has 4 rings (SSSR count). The predicted molar refractivity (Wildman–Crippen MR) is 119 cm³/mol. The molecule has 2 N–H and O–H groups in total. The Hall–Kier alpha value is -3.53. The van der Waals surface area contributed by atoms with Crippen LogP contribution in [-0.4, -0.2) is 19.3 Å². The van der Waals surface area contributed by atoms with Crippen LogP contribution in [0, 0.1) is 11.3 Å². The van der Waals surface area contributed by atoms with Crippen LogP contribution in [0.4, 0.5) is 0 Å². The molecule has 1 atom stereocenters. The van der Waals surface area contributed by atoms with Gasteiger partial charge in [-0.05, 0) is 38.5 Å². The number of nitrogens with zero attached hydrogens (tertiary/aromatic N) is 5. The van der Waals surface area contributed by atoms with Gasteiger partial charge in [0.2, 0.25) is 11.8 Å². The van der Waals surface area contributed by atoms with Gasteiger partial charge in [-0.25, -0.2) is 9.67 Å². The Morgan fingerprint density at radius 3 is 2.29 bits per heavy atom. The number of benzene rings is 1. The van der Waals surface area contributed by atoms with Gasteiger partial charge >= 0.3 is 0 Å². The smallest absolute Gasteiger partial charge is 0.224 e. The zero-order chi connectivity index (χ0) is 22.6. The van der Waals surface area contributed by atoms with Crippen LogP contribution < -0.4 is 10.5 Å². The SMILES string of the molecule is CC(C)(C)c1nn(C(C)(C)C)c2c1C(c1ccc(-n3ccnc3)cc1)C(C#N)=C(N)O2. The molecular formula is C24H28N6O. The second kappa shape index (κ2) is 7.02. The summed E-state index contributed by atoms with van der Waals surface area (Å²) in [5, 5.41) is 14.9. The van der Waals surface area contributed by atoms with Crippen molar-refractivity contribution in [2.24, 2.45) is 5.73 Å². The second-order valence-electron chi connectivity index (χ2n) is 9.89. The molecule has 0 saturated carbocycles. The minimum absolute atomic E-state index is 0.129. The molecule has 3 aromatic rings. The highest BCUT2D eigenvalue weighted by Crippen LogP contribution is 2.48. The summed E-state index contributed by atoms with van der Waals surface area (Å²) in [6.45, 7) is 12.6. The van der Waals surface area contributed by atoms with E-state index >= 15 is 0 Å². The number of allylic oxidation sites excluding steroid dienone is 1. The van der Waals surface area contributed by atoms with E-state index in [-0.39, 0.29) is 22.8 Å². The summed E-state index contributed by atoms with van der Waals surface area (Å²) in [5.74, 6) is 0.387. The maximum absolute atomic E-state index is 9.98. The Bertz CT molecular complexity index is 1180. The van der Waals surface area contributed by atoms with E-state index in [4.69, 9.17) is 15.6 Å². The highest BCUT2D eigenvalue weighted by atomic mass is 16.5. The summed E-state index contributed by atoms with van der Waals surface area (Å²) in [4.78, 5) is 4.11. The fraction of sp³-hybridized carbons (Fsp3) is 0.375. The Balaban J connectivity index is 1.95. The van der Waals surface area contributed by atoms with Crippen molar-refractivity contribution in [3.05, 3.63) is 71.3 Å². The number of imidazole rings is 1. The summed E-state index contributed by atoms with van der Waals surface area (Å²) in [7, 11) is 0. The fourth-order valence-electron chi connectivity index (χ4n) is 3.93. The van der Waals surface area contributed by atoms with Gasteiger partial charge < -0.3 is 15.0 Å². The van der Waals surface area contributed by atoms with Crippen LogP contribution >= 0.6 is 0 Å². The lowest BCUT2D eigenvalue weighted by Gasteiger charge is -2.29. The van der Waals surface area contributed by atoms with E-state index in [0.29, 0.717) is 11.5 Å². The number of hydrogen-bond donors (Lipinski definition) is 1. The molecule has 1 unspecified atom stereocenters. The third kappa shape index (κ3) is 3.48. The predicted octanol–water partition coefficient (Wildman–Crippen LogP) is 4.34. The van der Waals surface area contributed by atoms with Crippen LogP contribution in [0.1, 0.15) is 64.3 Å². The topological polar surface area (TPSA) is 94.7 Å². The molecule has 31 heavy (non-hydrogen) atoms. The van der Waals surface area contributed by atoms with Crippen molar-refractivity contribution in [1.29, 1.82) is 5.26 Å². The zero-order valence-corrected chi connectivity index (χ0v) is 18.8. The van der Waals surface area contributed by atoms with Gasteiger partial charge in [0.25, 0.3) is 0 Å². The first kappa shape index (κ1) is 20.7. The van der Waals surface area contributed by atoms with Crippen LogP contribution in [0.5, 0.6) is 5.88 Å². The average Bonchev–Trinajstić information content (AvgIpc) is 3.34. The van der Waals surface area contributed by atoms with Crippen LogP contribution in [0.15, 0.2) is 54.4 Å². The summed E-state index contributed by atoms with van der Waals surface area (Å²) < 4.78 is 9.85. The van der Waals surface area contributed by atoms with E-state index < -0.39 is 0 Å². The Morgan fingerprint density at radius 1 is 1.10 bits per heavy atom. The molecule has 0 saturated heterocycles. The number of nitriles is 1. The van der Waals surface area contributed by atoms with E-state index in [0.717, 1.165) is 22.5 Å². The van der Waals surface area contributed by atoms with Crippen LogP contribution in [0.25, 0.3) is 5.69 Å². The number of aromatic nitrogens is 4. The van der Waals surface area contributed by atoms with Crippen molar-refractivity contribution in [3.63, 3.8) is 0 Å². The Labute approximate surface area is 182 Å². The largest absolute Gasteiger partial charge is 0.422 e. The van der Waals surface area contributed by atoms with Crippen molar-refractivity contribution < 1.29 is 4.74 Å². The number of hydrogen-bond acceptors (Lipinski definition) is 5. The summed E-state index contributed by atoms with van der Waals surface area (Å²) >= 11 is 0. The first-order valence-corrected chi connectivity index (χ1v) is 10.3. The van der Waals surface area contributed by atoms with Crippen molar-refractivity contribution in [1.82, 2.24) is 19.3 Å². The third-order valence-corrected chi connectivity index (χ3v) is 5.42. The monoisotopic (exact) mass is 416 g/mol. The molecule has 1 aromatic carbocycles. The van der Waals surface area contributed by atoms with E-state index in [1.165, 1.54) is 0 Å². The summed E-state index contributed by atoms with van der Waals surface area (Å²) in [5.41, 5.74) is 9.87. The molecule has 7 heteroatoms. The highest BCUT2D eigenvalue weighted by Gasteiger charge is 2.41. The van der Waals surface area contributed by atoms with Gasteiger partial charge in [-0.3, -0.25) is 0 Å². The lowest BCUT2D eigenvalue weighted by atomic mass is 9.78. The van der Waals surface area contributed by atoms with Crippen molar-refractivity contribution in [3.8, 4) is 17.6 Å². The molecule has 2 aromatic heterocycles. The maximum Gasteiger partial charge on any atom is 0.224 e. The zero-order valence-electron chi connectivity index (χ0n) is 18.8. The third-order valence-electron chi connectivity index (χ3n) is 5.42. The molecular weight excluding hydrogens is 388 g/mol. The fourth-order valence-corrected chi connectivity index (χ4v) is 3.93. The van der Waals surface area contributed by atoms with Gasteiger partial charge in [0.15, 0.2) is 0 Å². The van der Waals surface area contributed by atoms with Gasteiger partial charge in [-0.1, -0.05) is 32.9 Å². The number of ether oxygens (including phenoxy) is 1. The molecule has 1 aliphatic rings. The summed E-state index contributed by atoms with van der Waals surface area (Å²) in [6.07, 6.45) is 5.39. The molecule has 0 spiro atoms. The lowest BCUT2D eigenvalue weighted by Crippen LogP contribution is -2.27. The molecule has 1 aliphatic heterocycles. The quantitative estimate of drug-likeness (QED) is 0.670. The molecule has 0 fully saturated rings. The van der Waals surface area contributed by atoms with E-state index in [9.17, 15) is 5.26 Å². The standard InChI is InChI=1S/C24H28N6O/c1-23(2,3)20-19-18(15-7-9-16(10-8-15)29-12-11-27-14-29)17(13-25)21(26)31-22(19)30(28-20)24(4,5)6/h7-12,14,18H,26H2,1-6H3. The van der Waals surface area contributed by atoms with Crippen molar-refractivity contribution >= 4 is 0 Å². The van der Waals surface area contributed by atoms with Crippen LogP contribution in [0.2, 0.25) is 0 Å². The maximum atomic E-state index is 9.98. The van der Waals surface area contributed by atoms with Gasteiger partial charge in [0.1, 0.15) is 11.6 Å². The van der Waals surface area contributed by atoms with Crippen LogP contribution in [0.3, 0.4) is 0 Å². The van der Waals surface area contributed by atoms with Gasteiger partial charge in [-0.15, -0.1) is 0 Å². The highest BCUT2D eigenvalue weighted by molar-refractivity contribution is 5.57. The number of rotatable bonds is 2. The molecule has 0 radical (unpaired) electrons. The number of nitrogens with two attached hydrogens (primary N) is 1. The molecule has 0 aliphatic carbocycles. The molecule has 160 valence electrons. The first-order valence-electron chi connectivity index (χ1n) is 10.3. The number of fused-ring (bicyclic) bond motifs is 1. The molecule has 0 amide bonds. The second-order valence-corrected chi connectivity index (χ2v) is 9.89. The Morgan fingerprint density at radius 2 is 1.77 bits per heavy atom.